The van der Waals surface area contributed by atoms with Crippen molar-refractivity contribution in [2.45, 2.75) is 19.4 Å². The predicted molar refractivity (Wildman–Crippen MR) is 80.7 cm³/mol. The van der Waals surface area contributed by atoms with Crippen LogP contribution in [0.15, 0.2) is 24.5 Å². The molecular weight excluding hydrogens is 268 g/mol. The van der Waals surface area contributed by atoms with Gasteiger partial charge in [-0.25, -0.2) is 4.98 Å². The van der Waals surface area contributed by atoms with Gasteiger partial charge < -0.3 is 14.8 Å². The number of para-hydroxylation sites is 1. The average Bonchev–Trinajstić information content (AvgIpc) is 2.91. The van der Waals surface area contributed by atoms with E-state index in [1.54, 1.807) is 25.2 Å². The van der Waals surface area contributed by atoms with E-state index in [0.29, 0.717) is 0 Å². The molecule has 0 fully saturated rings. The van der Waals surface area contributed by atoms with Crippen LogP contribution in [0, 0.1) is 0 Å². The van der Waals surface area contributed by atoms with Crippen LogP contribution in [-0.2, 0) is 13.5 Å². The second-order valence-electron chi connectivity index (χ2n) is 4.70. The summed E-state index contributed by atoms with van der Waals surface area (Å²) in [6.07, 6.45) is 2.30. The zero-order chi connectivity index (χ0) is 15.2. The molecule has 0 aliphatic rings. The third-order valence-corrected chi connectivity index (χ3v) is 3.45. The van der Waals surface area contributed by atoms with E-state index >= 15 is 0 Å². The summed E-state index contributed by atoms with van der Waals surface area (Å²) in [6.45, 7) is 2.93. The number of hydrogen-bond acceptors (Lipinski definition) is 5. The van der Waals surface area contributed by atoms with Gasteiger partial charge in [0.15, 0.2) is 11.5 Å². The predicted octanol–water partition coefficient (Wildman–Crippen LogP) is 1.73. The van der Waals surface area contributed by atoms with Gasteiger partial charge in [-0.2, -0.15) is 5.10 Å². The fourth-order valence-electron chi connectivity index (χ4n) is 2.41. The maximum Gasteiger partial charge on any atom is 0.165 e. The highest BCUT2D eigenvalue weighted by Crippen LogP contribution is 2.35. The lowest BCUT2D eigenvalue weighted by atomic mass is 10.0. The molecule has 0 bridgehead atoms. The number of ether oxygens (including phenoxy) is 2. The Hall–Kier alpha value is -2.08. The first-order valence-electron chi connectivity index (χ1n) is 6.98. The van der Waals surface area contributed by atoms with Gasteiger partial charge in [0.1, 0.15) is 12.2 Å². The largest absolute Gasteiger partial charge is 0.493 e. The molecule has 1 N–H and O–H groups in total. The van der Waals surface area contributed by atoms with Crippen molar-refractivity contribution in [3.63, 3.8) is 0 Å². The minimum atomic E-state index is 0.0861. The molecule has 0 amide bonds. The molecule has 6 heteroatoms. The summed E-state index contributed by atoms with van der Waals surface area (Å²) >= 11 is 0. The highest BCUT2D eigenvalue weighted by atomic mass is 16.5. The molecule has 1 atom stereocenters. The van der Waals surface area contributed by atoms with Gasteiger partial charge in [0.25, 0.3) is 0 Å². The number of benzene rings is 1. The highest BCUT2D eigenvalue weighted by molar-refractivity contribution is 5.48. The first kappa shape index (κ1) is 15.3. The summed E-state index contributed by atoms with van der Waals surface area (Å²) in [5, 5.41) is 7.60. The second-order valence-corrected chi connectivity index (χ2v) is 4.70. The molecule has 0 aliphatic carbocycles. The third kappa shape index (κ3) is 3.33. The second kappa shape index (κ2) is 7.08. The number of aromatic nitrogens is 3. The summed E-state index contributed by atoms with van der Waals surface area (Å²) in [7, 11) is 5.20. The van der Waals surface area contributed by atoms with E-state index in [2.05, 4.69) is 22.3 Å². The number of likely N-dealkylation sites (N-methyl/N-ethyl adjacent to an activating group) is 1. The molecule has 0 saturated heterocycles. The van der Waals surface area contributed by atoms with Crippen molar-refractivity contribution in [3.8, 4) is 11.5 Å². The Bertz CT molecular complexity index is 583. The van der Waals surface area contributed by atoms with Crippen LogP contribution in [0.2, 0.25) is 0 Å². The van der Waals surface area contributed by atoms with Gasteiger partial charge in [0, 0.05) is 25.1 Å². The van der Waals surface area contributed by atoms with Crippen LogP contribution >= 0.6 is 0 Å². The van der Waals surface area contributed by atoms with E-state index in [4.69, 9.17) is 9.47 Å². The average molecular weight is 290 g/mol. The molecule has 21 heavy (non-hydrogen) atoms. The summed E-state index contributed by atoms with van der Waals surface area (Å²) in [5.41, 5.74) is 1.06. The molecule has 6 nitrogen and oxygen atoms in total. The van der Waals surface area contributed by atoms with Crippen molar-refractivity contribution in [3.05, 3.63) is 35.9 Å². The topological polar surface area (TPSA) is 61.2 Å². The number of nitrogens with zero attached hydrogens (tertiary/aromatic N) is 3. The van der Waals surface area contributed by atoms with Crippen molar-refractivity contribution in [2.24, 2.45) is 7.05 Å². The van der Waals surface area contributed by atoms with E-state index in [-0.39, 0.29) is 6.04 Å². The van der Waals surface area contributed by atoms with Gasteiger partial charge in [-0.3, -0.25) is 4.68 Å². The molecule has 0 radical (unpaired) electrons. The third-order valence-electron chi connectivity index (χ3n) is 3.45. The number of nitrogens with one attached hydrogen (secondary N) is 1. The molecule has 1 unspecified atom stereocenters. The lowest BCUT2D eigenvalue weighted by Gasteiger charge is -2.21. The summed E-state index contributed by atoms with van der Waals surface area (Å²) in [6, 6.07) is 6.00. The van der Waals surface area contributed by atoms with Crippen molar-refractivity contribution in [1.82, 2.24) is 20.1 Å². The molecule has 1 aromatic carbocycles. The Balaban J connectivity index is 2.36. The van der Waals surface area contributed by atoms with Crippen LogP contribution in [0.3, 0.4) is 0 Å². The lowest BCUT2D eigenvalue weighted by Crippen LogP contribution is -2.25. The van der Waals surface area contributed by atoms with Crippen LogP contribution in [0.1, 0.15) is 24.4 Å². The van der Waals surface area contributed by atoms with Gasteiger partial charge in [0.2, 0.25) is 0 Å². The van der Waals surface area contributed by atoms with Crippen molar-refractivity contribution >= 4 is 0 Å². The van der Waals surface area contributed by atoms with Crippen molar-refractivity contribution < 1.29 is 9.47 Å². The van der Waals surface area contributed by atoms with Crippen LogP contribution in [-0.4, -0.2) is 35.5 Å². The van der Waals surface area contributed by atoms with Gasteiger partial charge in [-0.05, 0) is 12.6 Å². The summed E-state index contributed by atoms with van der Waals surface area (Å²) in [5.74, 6) is 2.41. The molecule has 2 aromatic rings. The first-order valence-corrected chi connectivity index (χ1v) is 6.98. The Morgan fingerprint density at radius 2 is 2.10 bits per heavy atom. The monoisotopic (exact) mass is 290 g/mol. The molecule has 1 heterocycles. The standard InChI is InChI=1S/C15H22N4O2/c1-5-16-12(9-14-17-10-18-19(14)2)11-7-6-8-13(20-3)15(11)21-4/h6-8,10,12,16H,5,9H2,1-4H3. The van der Waals surface area contributed by atoms with Crippen LogP contribution in [0.5, 0.6) is 11.5 Å². The van der Waals surface area contributed by atoms with Gasteiger partial charge >= 0.3 is 0 Å². The van der Waals surface area contributed by atoms with E-state index in [9.17, 15) is 0 Å². The van der Waals surface area contributed by atoms with Crippen molar-refractivity contribution in [2.75, 3.05) is 20.8 Å². The molecule has 0 saturated carbocycles. The summed E-state index contributed by atoms with van der Waals surface area (Å²) in [4.78, 5) is 4.30. The maximum absolute atomic E-state index is 5.54. The Morgan fingerprint density at radius 3 is 2.67 bits per heavy atom. The van der Waals surface area contributed by atoms with Crippen molar-refractivity contribution in [1.29, 1.82) is 0 Å². The smallest absolute Gasteiger partial charge is 0.165 e. The molecule has 2 rings (SSSR count). The zero-order valence-electron chi connectivity index (χ0n) is 13.0. The zero-order valence-corrected chi connectivity index (χ0v) is 13.0. The van der Waals surface area contributed by atoms with Crippen LogP contribution in [0.4, 0.5) is 0 Å². The normalized spacial score (nSPS) is 12.2. The number of methoxy groups -OCH3 is 2. The number of aryl methyl sites for hydroxylation is 1. The SMILES string of the molecule is CCNC(Cc1ncnn1C)c1cccc(OC)c1OC. The molecule has 0 spiro atoms. The fourth-order valence-corrected chi connectivity index (χ4v) is 2.41. The van der Waals surface area contributed by atoms with E-state index < -0.39 is 0 Å². The van der Waals surface area contributed by atoms with E-state index in [1.165, 1.54) is 0 Å². The van der Waals surface area contributed by atoms with Gasteiger partial charge in [0.05, 0.1) is 14.2 Å². The minimum absolute atomic E-state index is 0.0861. The van der Waals surface area contributed by atoms with Crippen LogP contribution in [0.25, 0.3) is 0 Å². The van der Waals surface area contributed by atoms with E-state index in [1.807, 2.05) is 25.2 Å². The van der Waals surface area contributed by atoms with Crippen LogP contribution < -0.4 is 14.8 Å². The molecule has 114 valence electrons. The highest BCUT2D eigenvalue weighted by Gasteiger charge is 2.20. The molecule has 0 aliphatic heterocycles. The lowest BCUT2D eigenvalue weighted by molar-refractivity contribution is 0.346. The quantitative estimate of drug-likeness (QED) is 0.841. The Kier molecular flexibility index (Phi) is 5.16. The minimum Gasteiger partial charge on any atom is -0.493 e. The van der Waals surface area contributed by atoms with E-state index in [0.717, 1.165) is 35.9 Å². The van der Waals surface area contributed by atoms with Gasteiger partial charge in [-0.15, -0.1) is 0 Å². The molecule has 1 aromatic heterocycles. The Morgan fingerprint density at radius 1 is 1.29 bits per heavy atom. The first-order chi connectivity index (χ1) is 10.2. The van der Waals surface area contributed by atoms with Gasteiger partial charge in [-0.1, -0.05) is 19.1 Å². The maximum atomic E-state index is 5.54. The number of hydrogen-bond donors (Lipinski definition) is 1. The Labute approximate surface area is 125 Å². The summed E-state index contributed by atoms with van der Waals surface area (Å²) < 4.78 is 12.7. The fraction of sp³-hybridized carbons (Fsp3) is 0.467. The molecular formula is C15H22N4O2. The number of rotatable bonds is 7.